The Labute approximate surface area is 111 Å². The van der Waals surface area contributed by atoms with Crippen molar-refractivity contribution in [1.82, 2.24) is 10.2 Å². The molecule has 102 valence electrons. The van der Waals surface area contributed by atoms with Crippen molar-refractivity contribution in [1.29, 1.82) is 0 Å². The van der Waals surface area contributed by atoms with Crippen LogP contribution in [-0.2, 0) is 13.1 Å². The molecule has 0 amide bonds. The Kier molecular flexibility index (Phi) is 4.46. The number of piperidine rings is 1. The number of hydrogen-bond donors (Lipinski definition) is 1. The summed E-state index contributed by atoms with van der Waals surface area (Å²) in [5, 5.41) is 3.52. The van der Waals surface area contributed by atoms with Gasteiger partial charge in [-0.25, -0.2) is 0 Å². The molecule has 0 aromatic carbocycles. The van der Waals surface area contributed by atoms with E-state index in [2.05, 4.69) is 37.1 Å². The first-order valence-corrected chi connectivity index (χ1v) is 7.07. The first kappa shape index (κ1) is 13.6. The average molecular weight is 250 g/mol. The minimum absolute atomic E-state index is 0.152. The van der Waals surface area contributed by atoms with Gasteiger partial charge < -0.3 is 9.73 Å². The summed E-state index contributed by atoms with van der Waals surface area (Å²) in [6.07, 6.45) is 5.86. The van der Waals surface area contributed by atoms with Gasteiger partial charge in [-0.15, -0.1) is 0 Å². The lowest BCUT2D eigenvalue weighted by molar-refractivity contribution is 0.204. The maximum atomic E-state index is 5.65. The Morgan fingerprint density at radius 3 is 2.61 bits per heavy atom. The zero-order chi connectivity index (χ0) is 13.0. The standard InChI is InChI=1S/C15H26N2O/c1-15(2,3)16-11-13-7-10-18-14(13)12-17-8-5-4-6-9-17/h7,10,16H,4-6,8-9,11-12H2,1-3H3. The van der Waals surface area contributed by atoms with Crippen LogP contribution >= 0.6 is 0 Å². The summed E-state index contributed by atoms with van der Waals surface area (Å²) in [5.41, 5.74) is 1.45. The highest BCUT2D eigenvalue weighted by atomic mass is 16.3. The highest BCUT2D eigenvalue weighted by Crippen LogP contribution is 2.17. The molecule has 1 saturated heterocycles. The Hall–Kier alpha value is -0.800. The predicted octanol–water partition coefficient (Wildman–Crippen LogP) is 3.15. The maximum Gasteiger partial charge on any atom is 0.122 e. The van der Waals surface area contributed by atoms with Crippen LogP contribution in [0.5, 0.6) is 0 Å². The van der Waals surface area contributed by atoms with Crippen LogP contribution in [0.15, 0.2) is 16.7 Å². The van der Waals surface area contributed by atoms with Crippen molar-refractivity contribution in [3.05, 3.63) is 23.7 Å². The molecule has 1 aromatic heterocycles. The van der Waals surface area contributed by atoms with E-state index in [0.29, 0.717) is 0 Å². The number of nitrogens with one attached hydrogen (secondary N) is 1. The fraction of sp³-hybridized carbons (Fsp3) is 0.733. The molecule has 1 aromatic rings. The molecule has 3 heteroatoms. The highest BCUT2D eigenvalue weighted by Gasteiger charge is 2.16. The van der Waals surface area contributed by atoms with Crippen LogP contribution in [0.4, 0.5) is 0 Å². The lowest BCUT2D eigenvalue weighted by atomic mass is 10.1. The van der Waals surface area contributed by atoms with Crippen molar-refractivity contribution in [2.24, 2.45) is 0 Å². The fourth-order valence-electron chi connectivity index (χ4n) is 2.34. The van der Waals surface area contributed by atoms with E-state index >= 15 is 0 Å². The fourth-order valence-corrected chi connectivity index (χ4v) is 2.34. The molecule has 18 heavy (non-hydrogen) atoms. The van der Waals surface area contributed by atoms with Crippen molar-refractivity contribution in [2.45, 2.75) is 58.7 Å². The van der Waals surface area contributed by atoms with Gasteiger partial charge in [0, 0.05) is 17.6 Å². The molecule has 0 bridgehead atoms. The van der Waals surface area contributed by atoms with Gasteiger partial charge in [0.1, 0.15) is 5.76 Å². The Morgan fingerprint density at radius 2 is 1.94 bits per heavy atom. The second-order valence-corrected chi connectivity index (χ2v) is 6.31. The van der Waals surface area contributed by atoms with Crippen molar-refractivity contribution in [2.75, 3.05) is 13.1 Å². The van der Waals surface area contributed by atoms with E-state index in [0.717, 1.165) is 18.8 Å². The lowest BCUT2D eigenvalue weighted by Crippen LogP contribution is -2.35. The van der Waals surface area contributed by atoms with Gasteiger partial charge in [0.2, 0.25) is 0 Å². The van der Waals surface area contributed by atoms with E-state index in [-0.39, 0.29) is 5.54 Å². The quantitative estimate of drug-likeness (QED) is 0.890. The van der Waals surface area contributed by atoms with E-state index in [1.165, 1.54) is 37.9 Å². The molecule has 1 aliphatic heterocycles. The molecular formula is C15H26N2O. The first-order chi connectivity index (χ1) is 8.54. The van der Waals surface area contributed by atoms with Crippen molar-refractivity contribution < 1.29 is 4.42 Å². The minimum atomic E-state index is 0.152. The monoisotopic (exact) mass is 250 g/mol. The average Bonchev–Trinajstić information content (AvgIpc) is 2.74. The lowest BCUT2D eigenvalue weighted by Gasteiger charge is -2.26. The van der Waals surface area contributed by atoms with Gasteiger partial charge in [0.25, 0.3) is 0 Å². The molecule has 0 saturated carbocycles. The van der Waals surface area contributed by atoms with Gasteiger partial charge in [-0.2, -0.15) is 0 Å². The van der Waals surface area contributed by atoms with E-state index in [9.17, 15) is 0 Å². The van der Waals surface area contributed by atoms with Gasteiger partial charge in [-0.05, 0) is 52.8 Å². The van der Waals surface area contributed by atoms with E-state index in [4.69, 9.17) is 4.42 Å². The van der Waals surface area contributed by atoms with Crippen LogP contribution in [0.1, 0.15) is 51.4 Å². The van der Waals surface area contributed by atoms with Crippen LogP contribution in [0, 0.1) is 0 Å². The molecule has 0 unspecified atom stereocenters. The molecule has 0 atom stereocenters. The maximum absolute atomic E-state index is 5.65. The van der Waals surface area contributed by atoms with Crippen LogP contribution in [0.2, 0.25) is 0 Å². The van der Waals surface area contributed by atoms with Gasteiger partial charge in [-0.3, -0.25) is 4.90 Å². The third-order valence-corrected chi connectivity index (χ3v) is 3.46. The molecule has 2 heterocycles. The minimum Gasteiger partial charge on any atom is -0.468 e. The molecule has 0 spiro atoms. The molecular weight excluding hydrogens is 224 g/mol. The molecule has 0 aliphatic carbocycles. The van der Waals surface area contributed by atoms with Gasteiger partial charge in [0.05, 0.1) is 12.8 Å². The van der Waals surface area contributed by atoms with Crippen molar-refractivity contribution in [3.63, 3.8) is 0 Å². The zero-order valence-corrected chi connectivity index (χ0v) is 12.0. The molecule has 3 nitrogen and oxygen atoms in total. The van der Waals surface area contributed by atoms with Crippen molar-refractivity contribution in [3.8, 4) is 0 Å². The normalized spacial score (nSPS) is 18.2. The summed E-state index contributed by atoms with van der Waals surface area (Å²) in [6.45, 7) is 10.9. The summed E-state index contributed by atoms with van der Waals surface area (Å²) < 4.78 is 5.65. The van der Waals surface area contributed by atoms with E-state index < -0.39 is 0 Å². The molecule has 1 N–H and O–H groups in total. The second-order valence-electron chi connectivity index (χ2n) is 6.31. The smallest absolute Gasteiger partial charge is 0.122 e. The van der Waals surface area contributed by atoms with Crippen molar-refractivity contribution >= 4 is 0 Å². The van der Waals surface area contributed by atoms with Gasteiger partial charge >= 0.3 is 0 Å². The summed E-state index contributed by atoms with van der Waals surface area (Å²) in [6, 6.07) is 2.10. The van der Waals surface area contributed by atoms with E-state index in [1.807, 2.05) is 6.26 Å². The summed E-state index contributed by atoms with van der Waals surface area (Å²) in [4.78, 5) is 2.50. The van der Waals surface area contributed by atoms with Crippen LogP contribution in [0.3, 0.4) is 0 Å². The molecule has 2 rings (SSSR count). The summed E-state index contributed by atoms with van der Waals surface area (Å²) in [5.74, 6) is 1.13. The predicted molar refractivity (Wildman–Crippen MR) is 74.4 cm³/mol. The third-order valence-electron chi connectivity index (χ3n) is 3.46. The van der Waals surface area contributed by atoms with E-state index in [1.54, 1.807) is 0 Å². The third kappa shape index (κ3) is 4.14. The van der Waals surface area contributed by atoms with Crippen LogP contribution in [0.25, 0.3) is 0 Å². The highest BCUT2D eigenvalue weighted by molar-refractivity contribution is 5.17. The Bertz CT molecular complexity index is 359. The number of furan rings is 1. The summed E-state index contributed by atoms with van der Waals surface area (Å²) >= 11 is 0. The number of likely N-dealkylation sites (tertiary alicyclic amines) is 1. The molecule has 1 fully saturated rings. The number of hydrogen-bond acceptors (Lipinski definition) is 3. The first-order valence-electron chi connectivity index (χ1n) is 7.07. The zero-order valence-electron chi connectivity index (χ0n) is 12.0. The van der Waals surface area contributed by atoms with Gasteiger partial charge in [-0.1, -0.05) is 6.42 Å². The van der Waals surface area contributed by atoms with Crippen LogP contribution in [-0.4, -0.2) is 23.5 Å². The van der Waals surface area contributed by atoms with Crippen LogP contribution < -0.4 is 5.32 Å². The number of rotatable bonds is 4. The molecule has 0 radical (unpaired) electrons. The number of nitrogens with zero attached hydrogens (tertiary/aromatic N) is 1. The largest absolute Gasteiger partial charge is 0.468 e. The SMILES string of the molecule is CC(C)(C)NCc1ccoc1CN1CCCCC1. The topological polar surface area (TPSA) is 28.4 Å². The summed E-state index contributed by atoms with van der Waals surface area (Å²) in [7, 11) is 0. The molecule has 1 aliphatic rings. The second kappa shape index (κ2) is 5.89. The Balaban J connectivity index is 1.90. The Morgan fingerprint density at radius 1 is 1.22 bits per heavy atom. The van der Waals surface area contributed by atoms with Gasteiger partial charge in [0.15, 0.2) is 0 Å².